The lowest BCUT2D eigenvalue weighted by Gasteiger charge is -2.39. The molecule has 1 amide bonds. The molecule has 1 fully saturated rings. The van der Waals surface area contributed by atoms with E-state index in [2.05, 4.69) is 5.32 Å². The largest absolute Gasteiger partial charge is 0.487 e. The number of nitrogens with zero attached hydrogens (tertiary/aromatic N) is 1. The lowest BCUT2D eigenvalue weighted by Crippen LogP contribution is -2.53. The molecule has 1 saturated heterocycles. The average molecular weight is 408 g/mol. The molecule has 0 saturated carbocycles. The summed E-state index contributed by atoms with van der Waals surface area (Å²) < 4.78 is 32.9. The van der Waals surface area contributed by atoms with E-state index >= 15 is 0 Å². The van der Waals surface area contributed by atoms with Crippen molar-refractivity contribution < 1.29 is 18.3 Å². The average Bonchev–Trinajstić information content (AvgIpc) is 2.73. The molecular weight excluding hydrogens is 386 g/mol. The van der Waals surface area contributed by atoms with E-state index in [-0.39, 0.29) is 12.0 Å². The van der Waals surface area contributed by atoms with Crippen LogP contribution >= 0.6 is 0 Å². The number of carbonyl (C=O) groups is 1. The zero-order valence-corrected chi connectivity index (χ0v) is 16.4. The van der Waals surface area contributed by atoms with Gasteiger partial charge in [0.15, 0.2) is 0 Å². The summed E-state index contributed by atoms with van der Waals surface area (Å²) in [6, 6.07) is 20.5. The minimum absolute atomic E-state index is 0.0865. The third-order valence-electron chi connectivity index (χ3n) is 5.05. The van der Waals surface area contributed by atoms with E-state index in [1.54, 1.807) is 18.2 Å². The van der Waals surface area contributed by atoms with Gasteiger partial charge in [0.25, 0.3) is 5.91 Å². The number of benzene rings is 3. The Morgan fingerprint density at radius 1 is 1.00 bits per heavy atom. The predicted octanol–water partition coefficient (Wildman–Crippen LogP) is 4.16. The Morgan fingerprint density at radius 3 is 2.50 bits per heavy atom. The Kier molecular flexibility index (Phi) is 6.05. The van der Waals surface area contributed by atoms with E-state index < -0.39 is 11.6 Å². The van der Waals surface area contributed by atoms with Gasteiger partial charge in [-0.05, 0) is 23.8 Å². The van der Waals surface area contributed by atoms with Crippen molar-refractivity contribution in [3.63, 3.8) is 0 Å². The number of para-hydroxylation sites is 1. The number of hydrogen-bond acceptors (Lipinski definition) is 3. The Labute approximate surface area is 174 Å². The van der Waals surface area contributed by atoms with Crippen LogP contribution in [0.1, 0.15) is 21.5 Å². The lowest BCUT2D eigenvalue weighted by molar-refractivity contribution is 0.0134. The van der Waals surface area contributed by atoms with Crippen molar-refractivity contribution in [1.82, 2.24) is 10.2 Å². The van der Waals surface area contributed by atoms with E-state index in [0.717, 1.165) is 11.6 Å². The first-order valence-electron chi connectivity index (χ1n) is 9.82. The quantitative estimate of drug-likeness (QED) is 0.638. The number of hydrogen-bond donors (Lipinski definition) is 1. The smallest absolute Gasteiger partial charge is 0.255 e. The van der Waals surface area contributed by atoms with Crippen molar-refractivity contribution in [3.8, 4) is 5.75 Å². The van der Waals surface area contributed by atoms with Crippen LogP contribution in [0.25, 0.3) is 0 Å². The second-order valence-corrected chi connectivity index (χ2v) is 7.33. The monoisotopic (exact) mass is 408 g/mol. The van der Waals surface area contributed by atoms with Crippen LogP contribution in [0, 0.1) is 11.6 Å². The van der Waals surface area contributed by atoms with Crippen molar-refractivity contribution in [2.45, 2.75) is 19.2 Å². The molecule has 1 aliphatic heterocycles. The van der Waals surface area contributed by atoms with Crippen molar-refractivity contribution in [2.24, 2.45) is 0 Å². The molecule has 0 aromatic heterocycles. The van der Waals surface area contributed by atoms with Gasteiger partial charge in [0.2, 0.25) is 0 Å². The first-order valence-corrected chi connectivity index (χ1v) is 9.82. The molecule has 3 aromatic rings. The molecule has 154 valence electrons. The first-order chi connectivity index (χ1) is 14.6. The standard InChI is InChI=1S/C24H22F2N2O2/c25-19-11-10-18(22(26)12-19)14-28-15-20(16-28)30-23-9-5-4-8-21(23)24(29)27-13-17-6-2-1-3-7-17/h1-12,20H,13-16H2,(H,27,29). The van der Waals surface area contributed by atoms with Crippen molar-refractivity contribution >= 4 is 5.91 Å². The molecule has 3 aromatic carbocycles. The molecule has 0 bridgehead atoms. The van der Waals surface area contributed by atoms with Gasteiger partial charge in [-0.1, -0.05) is 48.5 Å². The Balaban J connectivity index is 1.32. The Morgan fingerprint density at radius 2 is 1.73 bits per heavy atom. The number of nitrogens with one attached hydrogen (secondary N) is 1. The molecule has 1 N–H and O–H groups in total. The second-order valence-electron chi connectivity index (χ2n) is 7.33. The summed E-state index contributed by atoms with van der Waals surface area (Å²) in [6.45, 7) is 2.05. The minimum Gasteiger partial charge on any atom is -0.487 e. The van der Waals surface area contributed by atoms with Crippen LogP contribution in [0.5, 0.6) is 5.75 Å². The van der Waals surface area contributed by atoms with Gasteiger partial charge in [-0.3, -0.25) is 9.69 Å². The highest BCUT2D eigenvalue weighted by molar-refractivity contribution is 5.96. The highest BCUT2D eigenvalue weighted by Crippen LogP contribution is 2.24. The van der Waals surface area contributed by atoms with Crippen molar-refractivity contribution in [2.75, 3.05) is 13.1 Å². The van der Waals surface area contributed by atoms with Crippen LogP contribution in [-0.4, -0.2) is 30.0 Å². The number of halogens is 2. The van der Waals surface area contributed by atoms with Crippen LogP contribution in [0.4, 0.5) is 8.78 Å². The number of ether oxygens (including phenoxy) is 1. The van der Waals surface area contributed by atoms with Gasteiger partial charge in [-0.25, -0.2) is 8.78 Å². The molecule has 0 spiro atoms. The lowest BCUT2D eigenvalue weighted by atomic mass is 10.1. The topological polar surface area (TPSA) is 41.6 Å². The van der Waals surface area contributed by atoms with E-state index in [1.165, 1.54) is 12.1 Å². The molecule has 0 atom stereocenters. The third kappa shape index (κ3) is 4.83. The summed E-state index contributed by atoms with van der Waals surface area (Å²) in [7, 11) is 0. The van der Waals surface area contributed by atoms with Crippen LogP contribution in [0.15, 0.2) is 72.8 Å². The summed E-state index contributed by atoms with van der Waals surface area (Å²) in [6.07, 6.45) is -0.0865. The zero-order valence-electron chi connectivity index (χ0n) is 16.4. The SMILES string of the molecule is O=C(NCc1ccccc1)c1ccccc1OC1CN(Cc2ccc(F)cc2F)C1. The molecule has 6 heteroatoms. The predicted molar refractivity (Wildman–Crippen MR) is 110 cm³/mol. The van der Waals surface area contributed by atoms with Gasteiger partial charge in [0.05, 0.1) is 5.56 Å². The molecule has 0 radical (unpaired) electrons. The molecule has 0 aliphatic carbocycles. The normalized spacial score (nSPS) is 14.2. The fraction of sp³-hybridized carbons (Fsp3) is 0.208. The van der Waals surface area contributed by atoms with Crippen LogP contribution < -0.4 is 10.1 Å². The van der Waals surface area contributed by atoms with Gasteiger partial charge in [-0.2, -0.15) is 0 Å². The van der Waals surface area contributed by atoms with Gasteiger partial charge >= 0.3 is 0 Å². The van der Waals surface area contributed by atoms with E-state index in [4.69, 9.17) is 4.74 Å². The molecule has 30 heavy (non-hydrogen) atoms. The maximum absolute atomic E-state index is 13.8. The third-order valence-corrected chi connectivity index (χ3v) is 5.05. The summed E-state index contributed by atoms with van der Waals surface area (Å²) in [5.41, 5.74) is 1.96. The fourth-order valence-corrected chi connectivity index (χ4v) is 3.43. The second kappa shape index (κ2) is 9.05. The summed E-state index contributed by atoms with van der Waals surface area (Å²) in [5, 5.41) is 2.92. The van der Waals surface area contributed by atoms with Crippen LogP contribution in [-0.2, 0) is 13.1 Å². The first kappa shape index (κ1) is 20.0. The highest BCUT2D eigenvalue weighted by Gasteiger charge is 2.30. The highest BCUT2D eigenvalue weighted by atomic mass is 19.1. The maximum atomic E-state index is 13.8. The molecule has 1 aliphatic rings. The molecule has 1 heterocycles. The Bertz CT molecular complexity index is 1020. The minimum atomic E-state index is -0.580. The molecule has 4 nitrogen and oxygen atoms in total. The molecular formula is C24H22F2N2O2. The summed E-state index contributed by atoms with van der Waals surface area (Å²) in [4.78, 5) is 14.6. The summed E-state index contributed by atoms with van der Waals surface area (Å²) >= 11 is 0. The number of amides is 1. The number of carbonyl (C=O) groups excluding carboxylic acids is 1. The van der Waals surface area contributed by atoms with E-state index in [0.29, 0.717) is 43.1 Å². The molecule has 4 rings (SSSR count). The van der Waals surface area contributed by atoms with Gasteiger partial charge < -0.3 is 10.1 Å². The van der Waals surface area contributed by atoms with Crippen molar-refractivity contribution in [1.29, 1.82) is 0 Å². The van der Waals surface area contributed by atoms with Gasteiger partial charge in [0.1, 0.15) is 23.5 Å². The number of likely N-dealkylation sites (tertiary alicyclic amines) is 1. The summed E-state index contributed by atoms with van der Waals surface area (Å²) in [5.74, 6) is -0.789. The van der Waals surface area contributed by atoms with Gasteiger partial charge in [0, 0.05) is 37.8 Å². The van der Waals surface area contributed by atoms with Crippen LogP contribution in [0.3, 0.4) is 0 Å². The molecule has 0 unspecified atom stereocenters. The van der Waals surface area contributed by atoms with E-state index in [1.807, 2.05) is 41.3 Å². The van der Waals surface area contributed by atoms with Crippen LogP contribution in [0.2, 0.25) is 0 Å². The fourth-order valence-electron chi connectivity index (χ4n) is 3.43. The van der Waals surface area contributed by atoms with Gasteiger partial charge in [-0.15, -0.1) is 0 Å². The maximum Gasteiger partial charge on any atom is 0.255 e. The zero-order chi connectivity index (χ0) is 20.9. The van der Waals surface area contributed by atoms with Crippen molar-refractivity contribution in [3.05, 3.63) is 101 Å². The van der Waals surface area contributed by atoms with E-state index in [9.17, 15) is 13.6 Å². The number of rotatable bonds is 7. The Hall–Kier alpha value is -3.25.